The third kappa shape index (κ3) is 2.76. The number of rotatable bonds is 4. The Balaban J connectivity index is 2.03. The van der Waals surface area contributed by atoms with E-state index < -0.39 is 0 Å². The lowest BCUT2D eigenvalue weighted by Crippen LogP contribution is -2.22. The maximum absolute atomic E-state index is 6.10. The number of hydrogen-bond donors (Lipinski definition) is 1. The highest BCUT2D eigenvalue weighted by Crippen LogP contribution is 2.34. The second-order valence-corrected chi connectivity index (χ2v) is 5.69. The molecular weight excluding hydrogens is 288 g/mol. The molecule has 0 unspecified atom stereocenters. The first-order valence-electron chi connectivity index (χ1n) is 7.18. The number of anilines is 1. The Morgan fingerprint density at radius 1 is 1.43 bits per heavy atom. The Morgan fingerprint density at radius 2 is 2.29 bits per heavy atom. The number of methoxy groups -OCH3 is 1. The predicted molar refractivity (Wildman–Crippen MR) is 85.1 cm³/mol. The van der Waals surface area contributed by atoms with Crippen LogP contribution in [0.1, 0.15) is 12.8 Å². The van der Waals surface area contributed by atoms with Gasteiger partial charge in [-0.2, -0.15) is 4.98 Å². The van der Waals surface area contributed by atoms with Gasteiger partial charge in [0.05, 0.1) is 7.11 Å². The monoisotopic (exact) mass is 306 g/mol. The first kappa shape index (κ1) is 14.4. The quantitative estimate of drug-likeness (QED) is 0.879. The second kappa shape index (κ2) is 6.03. The summed E-state index contributed by atoms with van der Waals surface area (Å²) in [5.74, 6) is 2.24. The molecule has 1 aromatic heterocycles. The van der Waals surface area contributed by atoms with E-state index in [2.05, 4.69) is 14.9 Å². The number of fused-ring (bicyclic) bond motifs is 1. The lowest BCUT2D eigenvalue weighted by atomic mass is 10.1. The first-order valence-corrected chi connectivity index (χ1v) is 7.56. The van der Waals surface area contributed by atoms with Crippen LogP contribution in [0.25, 0.3) is 10.9 Å². The number of halogens is 1. The van der Waals surface area contributed by atoms with Crippen LogP contribution in [0, 0.1) is 5.92 Å². The van der Waals surface area contributed by atoms with E-state index in [0.29, 0.717) is 5.92 Å². The Labute approximate surface area is 129 Å². The van der Waals surface area contributed by atoms with Crippen LogP contribution in [0.5, 0.6) is 5.75 Å². The smallest absolute Gasteiger partial charge is 0.225 e. The summed E-state index contributed by atoms with van der Waals surface area (Å²) in [4.78, 5) is 11.0. The average Bonchev–Trinajstić information content (AvgIpc) is 2.94. The van der Waals surface area contributed by atoms with Gasteiger partial charge in [0.25, 0.3) is 0 Å². The molecule has 21 heavy (non-hydrogen) atoms. The van der Waals surface area contributed by atoms with Gasteiger partial charge < -0.3 is 15.4 Å². The van der Waals surface area contributed by atoms with E-state index in [1.165, 1.54) is 0 Å². The van der Waals surface area contributed by atoms with Crippen molar-refractivity contribution >= 4 is 28.3 Å². The number of ether oxygens (including phenoxy) is 1. The summed E-state index contributed by atoms with van der Waals surface area (Å²) in [6, 6.07) is 5.85. The fourth-order valence-electron chi connectivity index (χ4n) is 2.99. The molecule has 0 aliphatic carbocycles. The summed E-state index contributed by atoms with van der Waals surface area (Å²) in [5.41, 5.74) is 6.42. The summed E-state index contributed by atoms with van der Waals surface area (Å²) in [5, 5.41) is 1.23. The number of hydrogen-bond acceptors (Lipinski definition) is 5. The standard InChI is InChI=1S/C15H19ClN4O/c1-21-12-4-2-3-11-13(12)18-15(16)19-14(11)20-8-6-10(9-20)5-7-17/h2-4,10H,5-9,17H2,1H3/t10-/m0/s1. The van der Waals surface area contributed by atoms with Gasteiger partial charge in [-0.1, -0.05) is 6.07 Å². The molecular formula is C15H19ClN4O. The summed E-state index contributed by atoms with van der Waals surface area (Å²) < 4.78 is 5.38. The fourth-order valence-corrected chi connectivity index (χ4v) is 3.15. The number of para-hydroxylation sites is 1. The molecule has 0 radical (unpaired) electrons. The maximum Gasteiger partial charge on any atom is 0.225 e. The zero-order chi connectivity index (χ0) is 14.8. The third-order valence-corrected chi connectivity index (χ3v) is 4.19. The van der Waals surface area contributed by atoms with Crippen LogP contribution in [0.15, 0.2) is 18.2 Å². The topological polar surface area (TPSA) is 64.3 Å². The van der Waals surface area contributed by atoms with Gasteiger partial charge in [0.15, 0.2) is 0 Å². The molecule has 6 heteroatoms. The highest BCUT2D eigenvalue weighted by molar-refractivity contribution is 6.29. The molecule has 2 N–H and O–H groups in total. The molecule has 1 aliphatic rings. The fraction of sp³-hybridized carbons (Fsp3) is 0.467. The van der Waals surface area contributed by atoms with Gasteiger partial charge in [0, 0.05) is 18.5 Å². The Bertz CT molecular complexity index is 649. The van der Waals surface area contributed by atoms with Crippen LogP contribution in [0.2, 0.25) is 5.28 Å². The van der Waals surface area contributed by atoms with Crippen molar-refractivity contribution in [1.82, 2.24) is 9.97 Å². The number of benzene rings is 1. The lowest BCUT2D eigenvalue weighted by molar-refractivity contribution is 0.419. The zero-order valence-electron chi connectivity index (χ0n) is 12.1. The van der Waals surface area contributed by atoms with Crippen LogP contribution in [0.3, 0.4) is 0 Å². The minimum atomic E-state index is 0.254. The van der Waals surface area contributed by atoms with Crippen LogP contribution in [-0.4, -0.2) is 36.7 Å². The van der Waals surface area contributed by atoms with Crippen molar-refractivity contribution in [3.63, 3.8) is 0 Å². The maximum atomic E-state index is 6.10. The van der Waals surface area contributed by atoms with Gasteiger partial charge in [-0.15, -0.1) is 0 Å². The van der Waals surface area contributed by atoms with Crippen molar-refractivity contribution in [2.24, 2.45) is 11.7 Å². The minimum Gasteiger partial charge on any atom is -0.494 e. The highest BCUT2D eigenvalue weighted by atomic mass is 35.5. The summed E-state index contributed by atoms with van der Waals surface area (Å²) in [7, 11) is 1.64. The van der Waals surface area contributed by atoms with Crippen LogP contribution < -0.4 is 15.4 Å². The summed E-state index contributed by atoms with van der Waals surface area (Å²) in [6.07, 6.45) is 2.20. The molecule has 3 rings (SSSR count). The normalized spacial score (nSPS) is 18.4. The van der Waals surface area contributed by atoms with E-state index in [0.717, 1.165) is 54.9 Å². The van der Waals surface area contributed by atoms with E-state index in [4.69, 9.17) is 22.1 Å². The van der Waals surface area contributed by atoms with Gasteiger partial charge in [-0.05, 0) is 49.0 Å². The first-order chi connectivity index (χ1) is 10.2. The molecule has 112 valence electrons. The SMILES string of the molecule is COc1cccc2c(N3CC[C@H](CCN)C3)nc(Cl)nc12. The van der Waals surface area contributed by atoms with Crippen molar-refractivity contribution < 1.29 is 4.74 Å². The van der Waals surface area contributed by atoms with E-state index in [9.17, 15) is 0 Å². The van der Waals surface area contributed by atoms with Gasteiger partial charge in [-0.3, -0.25) is 0 Å². The largest absolute Gasteiger partial charge is 0.494 e. The number of nitrogens with two attached hydrogens (primary N) is 1. The average molecular weight is 307 g/mol. The number of nitrogens with zero attached hydrogens (tertiary/aromatic N) is 3. The molecule has 1 fully saturated rings. The van der Waals surface area contributed by atoms with Crippen molar-refractivity contribution in [2.45, 2.75) is 12.8 Å². The third-order valence-electron chi connectivity index (χ3n) is 4.02. The van der Waals surface area contributed by atoms with Gasteiger partial charge in [0.2, 0.25) is 5.28 Å². The van der Waals surface area contributed by atoms with Crippen LogP contribution in [0.4, 0.5) is 5.82 Å². The molecule has 0 bridgehead atoms. The van der Waals surface area contributed by atoms with E-state index in [1.54, 1.807) is 7.11 Å². The van der Waals surface area contributed by atoms with E-state index in [-0.39, 0.29) is 5.28 Å². The van der Waals surface area contributed by atoms with Crippen molar-refractivity contribution in [3.8, 4) is 5.75 Å². The Morgan fingerprint density at radius 3 is 3.05 bits per heavy atom. The highest BCUT2D eigenvalue weighted by Gasteiger charge is 2.25. The summed E-state index contributed by atoms with van der Waals surface area (Å²) in [6.45, 7) is 2.68. The van der Waals surface area contributed by atoms with Gasteiger partial charge >= 0.3 is 0 Å². The van der Waals surface area contributed by atoms with Crippen molar-refractivity contribution in [2.75, 3.05) is 31.6 Å². The molecule has 1 saturated heterocycles. The number of aromatic nitrogens is 2. The van der Waals surface area contributed by atoms with Crippen LogP contribution in [-0.2, 0) is 0 Å². The van der Waals surface area contributed by atoms with Gasteiger partial charge in [0.1, 0.15) is 17.1 Å². The van der Waals surface area contributed by atoms with E-state index in [1.807, 2.05) is 18.2 Å². The molecule has 0 amide bonds. The minimum absolute atomic E-state index is 0.254. The lowest BCUT2D eigenvalue weighted by Gasteiger charge is -2.20. The Kier molecular flexibility index (Phi) is 4.12. The molecule has 0 saturated carbocycles. The molecule has 2 aromatic rings. The predicted octanol–water partition coefficient (Wildman–Crippen LogP) is 2.47. The molecule has 1 aliphatic heterocycles. The molecule has 5 nitrogen and oxygen atoms in total. The summed E-state index contributed by atoms with van der Waals surface area (Å²) >= 11 is 6.10. The molecule has 2 heterocycles. The molecule has 0 spiro atoms. The van der Waals surface area contributed by atoms with Crippen molar-refractivity contribution in [1.29, 1.82) is 0 Å². The molecule has 1 atom stereocenters. The Hall–Kier alpha value is -1.59. The van der Waals surface area contributed by atoms with E-state index >= 15 is 0 Å². The second-order valence-electron chi connectivity index (χ2n) is 5.35. The zero-order valence-corrected chi connectivity index (χ0v) is 12.8. The van der Waals surface area contributed by atoms with Crippen LogP contribution >= 0.6 is 11.6 Å². The van der Waals surface area contributed by atoms with Gasteiger partial charge in [-0.25, -0.2) is 4.98 Å². The van der Waals surface area contributed by atoms with Crippen molar-refractivity contribution in [3.05, 3.63) is 23.5 Å². The molecule has 1 aromatic carbocycles.